The molecule has 1 aromatic heterocycles. The molecule has 0 radical (unpaired) electrons. The predicted octanol–water partition coefficient (Wildman–Crippen LogP) is 3.96. The number of carbonyl (C=O) groups excluding carboxylic acids is 1. The van der Waals surface area contributed by atoms with Crippen LogP contribution in [0.1, 0.15) is 16.1 Å². The Bertz CT molecular complexity index is 911. The number of para-hydroxylation sites is 3. The third kappa shape index (κ3) is 4.55. The van der Waals surface area contributed by atoms with Gasteiger partial charge in [-0.05, 0) is 30.3 Å². The van der Waals surface area contributed by atoms with Gasteiger partial charge in [0.25, 0.3) is 5.91 Å². The minimum atomic E-state index is -0.296. The zero-order valence-electron chi connectivity index (χ0n) is 15.2. The Hall–Kier alpha value is -3.54. The van der Waals surface area contributed by atoms with E-state index in [1.165, 1.54) is 0 Å². The van der Waals surface area contributed by atoms with Gasteiger partial charge in [0.2, 0.25) is 0 Å². The van der Waals surface area contributed by atoms with Crippen LogP contribution in [0, 0.1) is 0 Å². The molecule has 1 amide bonds. The van der Waals surface area contributed by atoms with E-state index in [0.717, 1.165) is 17.0 Å². The second-order valence-corrected chi connectivity index (χ2v) is 5.75. The largest absolute Gasteiger partial charge is 0.496 e. The number of nitrogens with one attached hydrogen (secondary N) is 2. The monoisotopic (exact) mass is 363 g/mol. The zero-order chi connectivity index (χ0) is 19.1. The lowest BCUT2D eigenvalue weighted by Crippen LogP contribution is -2.14. The molecule has 138 valence electrons. The lowest BCUT2D eigenvalue weighted by Gasteiger charge is -2.11. The van der Waals surface area contributed by atoms with Crippen LogP contribution < -0.4 is 20.1 Å². The van der Waals surface area contributed by atoms with Crippen molar-refractivity contribution in [2.75, 3.05) is 24.9 Å². The fourth-order valence-corrected chi connectivity index (χ4v) is 2.61. The number of benzene rings is 2. The predicted molar refractivity (Wildman–Crippen MR) is 106 cm³/mol. The van der Waals surface area contributed by atoms with Crippen LogP contribution in [0.2, 0.25) is 0 Å². The van der Waals surface area contributed by atoms with Crippen molar-refractivity contribution in [1.29, 1.82) is 0 Å². The molecular formula is C21H21N3O3. The molecule has 1 heterocycles. The van der Waals surface area contributed by atoms with E-state index in [0.29, 0.717) is 23.7 Å². The van der Waals surface area contributed by atoms with E-state index < -0.39 is 0 Å². The zero-order valence-corrected chi connectivity index (χ0v) is 15.2. The van der Waals surface area contributed by atoms with E-state index in [9.17, 15) is 4.79 Å². The molecule has 2 N–H and O–H groups in total. The van der Waals surface area contributed by atoms with Gasteiger partial charge in [-0.3, -0.25) is 4.79 Å². The third-order valence-electron chi connectivity index (χ3n) is 4.03. The summed E-state index contributed by atoms with van der Waals surface area (Å²) in [5.41, 5.74) is 2.78. The Morgan fingerprint density at radius 1 is 0.926 bits per heavy atom. The molecule has 0 aliphatic heterocycles. The molecule has 0 atom stereocenters. The summed E-state index contributed by atoms with van der Waals surface area (Å²) in [5, 5.41) is 6.08. The van der Waals surface area contributed by atoms with Gasteiger partial charge >= 0.3 is 0 Å². The van der Waals surface area contributed by atoms with Crippen molar-refractivity contribution in [3.05, 3.63) is 78.1 Å². The SMILES string of the molecule is COc1ccccc1CNc1ccc(C(=O)Nc2ccccc2OC)nc1. The number of hydrogen-bond donors (Lipinski definition) is 2. The molecule has 0 saturated carbocycles. The highest BCUT2D eigenvalue weighted by Gasteiger charge is 2.10. The average Bonchev–Trinajstić information content (AvgIpc) is 2.73. The highest BCUT2D eigenvalue weighted by atomic mass is 16.5. The summed E-state index contributed by atoms with van der Waals surface area (Å²) in [7, 11) is 3.21. The number of pyridine rings is 1. The number of hydrogen-bond acceptors (Lipinski definition) is 5. The van der Waals surface area contributed by atoms with Crippen molar-refractivity contribution in [3.8, 4) is 11.5 Å². The normalized spacial score (nSPS) is 10.1. The number of rotatable bonds is 7. The Morgan fingerprint density at radius 3 is 2.33 bits per heavy atom. The van der Waals surface area contributed by atoms with Crippen molar-refractivity contribution in [3.63, 3.8) is 0 Å². The van der Waals surface area contributed by atoms with Crippen molar-refractivity contribution in [1.82, 2.24) is 4.98 Å². The number of anilines is 2. The van der Waals surface area contributed by atoms with E-state index >= 15 is 0 Å². The summed E-state index contributed by atoms with van der Waals surface area (Å²) in [4.78, 5) is 16.6. The van der Waals surface area contributed by atoms with E-state index in [4.69, 9.17) is 9.47 Å². The molecule has 0 aliphatic rings. The number of amides is 1. The fourth-order valence-electron chi connectivity index (χ4n) is 2.61. The molecule has 2 aromatic carbocycles. The fraction of sp³-hybridized carbons (Fsp3) is 0.143. The van der Waals surface area contributed by atoms with E-state index in [-0.39, 0.29) is 5.91 Å². The van der Waals surface area contributed by atoms with Crippen LogP contribution in [-0.2, 0) is 6.54 Å². The van der Waals surface area contributed by atoms with Crippen LogP contribution in [0.25, 0.3) is 0 Å². The van der Waals surface area contributed by atoms with Gasteiger partial charge in [-0.15, -0.1) is 0 Å². The van der Waals surface area contributed by atoms with E-state index in [2.05, 4.69) is 15.6 Å². The molecule has 0 unspecified atom stereocenters. The maximum atomic E-state index is 12.4. The van der Waals surface area contributed by atoms with Crippen molar-refractivity contribution in [2.45, 2.75) is 6.54 Å². The van der Waals surface area contributed by atoms with E-state index in [1.807, 2.05) is 42.5 Å². The second kappa shape index (κ2) is 8.71. The average molecular weight is 363 g/mol. The van der Waals surface area contributed by atoms with Gasteiger partial charge in [0.1, 0.15) is 17.2 Å². The molecule has 0 bridgehead atoms. The lowest BCUT2D eigenvalue weighted by atomic mass is 10.2. The second-order valence-electron chi connectivity index (χ2n) is 5.75. The van der Waals surface area contributed by atoms with E-state index in [1.54, 1.807) is 38.6 Å². The van der Waals surface area contributed by atoms with Crippen LogP contribution in [0.15, 0.2) is 66.9 Å². The number of ether oxygens (including phenoxy) is 2. The highest BCUT2D eigenvalue weighted by Crippen LogP contribution is 2.23. The van der Waals surface area contributed by atoms with Gasteiger partial charge in [-0.1, -0.05) is 30.3 Å². The van der Waals surface area contributed by atoms with Crippen LogP contribution in [0.5, 0.6) is 11.5 Å². The molecule has 3 rings (SSSR count). The first-order chi connectivity index (χ1) is 13.2. The van der Waals surface area contributed by atoms with Gasteiger partial charge in [-0.25, -0.2) is 4.98 Å². The summed E-state index contributed by atoms with van der Waals surface area (Å²) in [6.45, 7) is 0.596. The summed E-state index contributed by atoms with van der Waals surface area (Å²) in [6, 6.07) is 18.5. The van der Waals surface area contributed by atoms with Crippen molar-refractivity contribution in [2.24, 2.45) is 0 Å². The summed E-state index contributed by atoms with van der Waals surface area (Å²) < 4.78 is 10.6. The van der Waals surface area contributed by atoms with Crippen molar-refractivity contribution < 1.29 is 14.3 Å². The smallest absolute Gasteiger partial charge is 0.274 e. The molecule has 0 fully saturated rings. The molecule has 6 heteroatoms. The molecular weight excluding hydrogens is 342 g/mol. The molecule has 6 nitrogen and oxygen atoms in total. The molecule has 0 spiro atoms. The number of methoxy groups -OCH3 is 2. The standard InChI is InChI=1S/C21H21N3O3/c1-26-19-9-5-3-7-15(19)13-22-16-11-12-18(23-14-16)21(25)24-17-8-4-6-10-20(17)27-2/h3-12,14,22H,13H2,1-2H3,(H,24,25). The third-order valence-corrected chi connectivity index (χ3v) is 4.03. The van der Waals surface area contributed by atoms with Gasteiger partial charge < -0.3 is 20.1 Å². The molecule has 3 aromatic rings. The first kappa shape index (κ1) is 18.3. The Kier molecular flexibility index (Phi) is 5.89. The molecule has 27 heavy (non-hydrogen) atoms. The number of carbonyl (C=O) groups is 1. The van der Waals surface area contributed by atoms with Gasteiger partial charge in [0, 0.05) is 12.1 Å². The summed E-state index contributed by atoms with van der Waals surface area (Å²) >= 11 is 0. The summed E-state index contributed by atoms with van der Waals surface area (Å²) in [5.74, 6) is 1.13. The van der Waals surface area contributed by atoms with Crippen LogP contribution in [-0.4, -0.2) is 25.1 Å². The minimum absolute atomic E-state index is 0.296. The van der Waals surface area contributed by atoms with Gasteiger partial charge in [-0.2, -0.15) is 0 Å². The number of aromatic nitrogens is 1. The number of nitrogens with zero attached hydrogens (tertiary/aromatic N) is 1. The minimum Gasteiger partial charge on any atom is -0.496 e. The quantitative estimate of drug-likeness (QED) is 0.665. The lowest BCUT2D eigenvalue weighted by molar-refractivity contribution is 0.102. The molecule has 0 aliphatic carbocycles. The highest BCUT2D eigenvalue weighted by molar-refractivity contribution is 6.03. The topological polar surface area (TPSA) is 72.5 Å². The first-order valence-electron chi connectivity index (χ1n) is 8.47. The van der Waals surface area contributed by atoms with Crippen molar-refractivity contribution >= 4 is 17.3 Å². The molecule has 0 saturated heterocycles. The maximum absolute atomic E-state index is 12.4. The Morgan fingerprint density at radius 2 is 1.63 bits per heavy atom. The van der Waals surface area contributed by atoms with Gasteiger partial charge in [0.05, 0.1) is 31.8 Å². The summed E-state index contributed by atoms with van der Waals surface area (Å²) in [6.07, 6.45) is 1.63. The Labute approximate surface area is 158 Å². The van der Waals surface area contributed by atoms with Crippen LogP contribution in [0.3, 0.4) is 0 Å². The van der Waals surface area contributed by atoms with Gasteiger partial charge in [0.15, 0.2) is 0 Å². The van der Waals surface area contributed by atoms with Crippen LogP contribution >= 0.6 is 0 Å². The van der Waals surface area contributed by atoms with Crippen LogP contribution in [0.4, 0.5) is 11.4 Å². The first-order valence-corrected chi connectivity index (χ1v) is 8.47. The Balaban J connectivity index is 1.63. The maximum Gasteiger partial charge on any atom is 0.274 e.